The Morgan fingerprint density at radius 3 is 2.50 bits per heavy atom. The second kappa shape index (κ2) is 7.81. The summed E-state index contributed by atoms with van der Waals surface area (Å²) in [6, 6.07) is 7.48. The summed E-state index contributed by atoms with van der Waals surface area (Å²) in [6.45, 7) is 7.87. The number of amides is 2. The third kappa shape index (κ3) is 4.25. The van der Waals surface area contributed by atoms with E-state index in [4.69, 9.17) is 4.42 Å². The zero-order valence-corrected chi connectivity index (χ0v) is 14.7. The first kappa shape index (κ1) is 17.8. The molecule has 0 atom stereocenters. The van der Waals surface area contributed by atoms with Gasteiger partial charge in [-0.05, 0) is 44.9 Å². The van der Waals surface area contributed by atoms with Gasteiger partial charge in [-0.1, -0.05) is 19.1 Å². The highest BCUT2D eigenvalue weighted by Crippen LogP contribution is 2.20. The summed E-state index contributed by atoms with van der Waals surface area (Å²) in [5.41, 5.74) is 3.13. The van der Waals surface area contributed by atoms with E-state index in [0.29, 0.717) is 24.3 Å². The van der Waals surface area contributed by atoms with Crippen LogP contribution in [0.1, 0.15) is 52.8 Å². The Kier molecular flexibility index (Phi) is 5.79. The number of nitrogens with one attached hydrogen (secondary N) is 2. The quantitative estimate of drug-likeness (QED) is 0.845. The van der Waals surface area contributed by atoms with Crippen LogP contribution in [0.2, 0.25) is 0 Å². The number of aryl methyl sites for hydroxylation is 2. The lowest BCUT2D eigenvalue weighted by molar-refractivity contribution is -0.116. The highest BCUT2D eigenvalue weighted by Gasteiger charge is 2.18. The minimum atomic E-state index is -0.151. The fourth-order valence-electron chi connectivity index (χ4n) is 2.61. The standard InChI is InChI=1S/C19H24N2O3/c1-5-7-17(22)21-16-9-6-8-15(10-16)11-20-19(23)18-12(2)13(3)24-14(18)4/h6,8-10H,5,7,11H2,1-4H3,(H,20,23)(H,21,22). The van der Waals surface area contributed by atoms with Crippen molar-refractivity contribution in [3.05, 3.63) is 52.5 Å². The van der Waals surface area contributed by atoms with Crippen molar-refractivity contribution in [3.63, 3.8) is 0 Å². The van der Waals surface area contributed by atoms with Crippen LogP contribution in [0.15, 0.2) is 28.7 Å². The van der Waals surface area contributed by atoms with Crippen LogP contribution in [0, 0.1) is 20.8 Å². The molecule has 5 nitrogen and oxygen atoms in total. The number of hydrogen-bond donors (Lipinski definition) is 2. The monoisotopic (exact) mass is 328 g/mol. The van der Waals surface area contributed by atoms with Crippen molar-refractivity contribution >= 4 is 17.5 Å². The van der Waals surface area contributed by atoms with Gasteiger partial charge in [0.1, 0.15) is 11.5 Å². The second-order valence-electron chi connectivity index (χ2n) is 5.90. The molecule has 0 saturated carbocycles. The molecule has 0 fully saturated rings. The van der Waals surface area contributed by atoms with Gasteiger partial charge in [0, 0.05) is 24.2 Å². The molecule has 2 N–H and O–H groups in total. The Labute approximate surface area is 142 Å². The third-order valence-electron chi connectivity index (χ3n) is 3.93. The van der Waals surface area contributed by atoms with Crippen LogP contribution in [0.25, 0.3) is 0 Å². The average Bonchev–Trinajstić information content (AvgIpc) is 2.78. The van der Waals surface area contributed by atoms with Crippen molar-refractivity contribution in [1.29, 1.82) is 0 Å². The van der Waals surface area contributed by atoms with Crippen molar-refractivity contribution in [2.75, 3.05) is 5.32 Å². The molecule has 24 heavy (non-hydrogen) atoms. The minimum absolute atomic E-state index is 0.00110. The largest absolute Gasteiger partial charge is 0.466 e. The average molecular weight is 328 g/mol. The van der Waals surface area contributed by atoms with E-state index in [9.17, 15) is 9.59 Å². The van der Waals surface area contributed by atoms with Crippen molar-refractivity contribution < 1.29 is 14.0 Å². The number of hydrogen-bond acceptors (Lipinski definition) is 3. The van der Waals surface area contributed by atoms with Gasteiger partial charge in [-0.2, -0.15) is 0 Å². The molecule has 0 aliphatic rings. The topological polar surface area (TPSA) is 71.3 Å². The van der Waals surface area contributed by atoms with Crippen molar-refractivity contribution in [2.45, 2.75) is 47.1 Å². The summed E-state index contributed by atoms with van der Waals surface area (Å²) in [5, 5.41) is 5.76. The van der Waals surface area contributed by atoms with Crippen LogP contribution in [0.4, 0.5) is 5.69 Å². The first-order valence-electron chi connectivity index (χ1n) is 8.16. The number of carbonyl (C=O) groups excluding carboxylic acids is 2. The molecule has 0 aliphatic carbocycles. The van der Waals surface area contributed by atoms with E-state index in [0.717, 1.165) is 29.0 Å². The molecule has 2 amide bonds. The SMILES string of the molecule is CCCC(=O)Nc1cccc(CNC(=O)c2c(C)oc(C)c2C)c1. The Bertz CT molecular complexity index is 747. The van der Waals surface area contributed by atoms with E-state index in [1.807, 2.05) is 45.0 Å². The van der Waals surface area contributed by atoms with Gasteiger partial charge in [-0.25, -0.2) is 0 Å². The van der Waals surface area contributed by atoms with Gasteiger partial charge in [0.05, 0.1) is 5.56 Å². The maximum absolute atomic E-state index is 12.4. The van der Waals surface area contributed by atoms with Crippen molar-refractivity contribution in [3.8, 4) is 0 Å². The first-order valence-corrected chi connectivity index (χ1v) is 8.16. The molecule has 0 radical (unpaired) electrons. The number of rotatable bonds is 6. The van der Waals surface area contributed by atoms with E-state index in [2.05, 4.69) is 10.6 Å². The maximum Gasteiger partial charge on any atom is 0.255 e. The molecule has 0 bridgehead atoms. The zero-order chi connectivity index (χ0) is 17.7. The number of benzene rings is 1. The van der Waals surface area contributed by atoms with E-state index in [1.54, 1.807) is 6.92 Å². The zero-order valence-electron chi connectivity index (χ0n) is 14.7. The number of furan rings is 1. The third-order valence-corrected chi connectivity index (χ3v) is 3.93. The Hall–Kier alpha value is -2.56. The highest BCUT2D eigenvalue weighted by atomic mass is 16.3. The molecule has 1 aromatic heterocycles. The summed E-state index contributed by atoms with van der Waals surface area (Å²) < 4.78 is 5.50. The van der Waals surface area contributed by atoms with Gasteiger partial charge >= 0.3 is 0 Å². The van der Waals surface area contributed by atoms with Crippen LogP contribution in [-0.2, 0) is 11.3 Å². The van der Waals surface area contributed by atoms with Crippen LogP contribution < -0.4 is 10.6 Å². The van der Waals surface area contributed by atoms with Gasteiger partial charge in [0.2, 0.25) is 5.91 Å². The van der Waals surface area contributed by atoms with E-state index < -0.39 is 0 Å². The maximum atomic E-state index is 12.4. The Morgan fingerprint density at radius 2 is 1.88 bits per heavy atom. The molecular weight excluding hydrogens is 304 g/mol. The molecule has 0 spiro atoms. The lowest BCUT2D eigenvalue weighted by Crippen LogP contribution is -2.23. The van der Waals surface area contributed by atoms with Crippen molar-refractivity contribution in [2.24, 2.45) is 0 Å². The molecule has 0 unspecified atom stereocenters. The lowest BCUT2D eigenvalue weighted by Gasteiger charge is -2.09. The predicted octanol–water partition coefficient (Wildman–Crippen LogP) is 3.87. The molecule has 1 heterocycles. The minimum Gasteiger partial charge on any atom is -0.466 e. The summed E-state index contributed by atoms with van der Waals surface area (Å²) in [7, 11) is 0. The molecule has 5 heteroatoms. The van der Waals surface area contributed by atoms with E-state index in [1.165, 1.54) is 0 Å². The molecule has 0 saturated heterocycles. The first-order chi connectivity index (χ1) is 11.4. The number of anilines is 1. The predicted molar refractivity (Wildman–Crippen MR) is 94.1 cm³/mol. The van der Waals surface area contributed by atoms with E-state index in [-0.39, 0.29) is 11.8 Å². The summed E-state index contributed by atoms with van der Waals surface area (Å²) in [5.74, 6) is 1.24. The fraction of sp³-hybridized carbons (Fsp3) is 0.368. The number of carbonyl (C=O) groups is 2. The Morgan fingerprint density at radius 1 is 1.12 bits per heavy atom. The smallest absolute Gasteiger partial charge is 0.255 e. The van der Waals surface area contributed by atoms with Gasteiger partial charge in [-0.15, -0.1) is 0 Å². The van der Waals surface area contributed by atoms with Crippen LogP contribution in [0.5, 0.6) is 0 Å². The molecular formula is C19H24N2O3. The van der Waals surface area contributed by atoms with Crippen LogP contribution in [-0.4, -0.2) is 11.8 Å². The van der Waals surface area contributed by atoms with Gasteiger partial charge < -0.3 is 15.1 Å². The van der Waals surface area contributed by atoms with Crippen molar-refractivity contribution in [1.82, 2.24) is 5.32 Å². The van der Waals surface area contributed by atoms with Gasteiger partial charge in [0.25, 0.3) is 5.91 Å². The van der Waals surface area contributed by atoms with Gasteiger partial charge in [-0.3, -0.25) is 9.59 Å². The molecule has 2 aromatic rings. The van der Waals surface area contributed by atoms with Crippen LogP contribution in [0.3, 0.4) is 0 Å². The highest BCUT2D eigenvalue weighted by molar-refractivity contribution is 5.96. The summed E-state index contributed by atoms with van der Waals surface area (Å²) in [4.78, 5) is 24.0. The fourth-order valence-corrected chi connectivity index (χ4v) is 2.61. The molecule has 128 valence electrons. The molecule has 0 aliphatic heterocycles. The Balaban J connectivity index is 2.01. The van der Waals surface area contributed by atoms with E-state index >= 15 is 0 Å². The van der Waals surface area contributed by atoms with Crippen LogP contribution >= 0.6 is 0 Å². The lowest BCUT2D eigenvalue weighted by atomic mass is 10.1. The molecule has 2 rings (SSSR count). The van der Waals surface area contributed by atoms with Gasteiger partial charge in [0.15, 0.2) is 0 Å². The summed E-state index contributed by atoms with van der Waals surface area (Å²) >= 11 is 0. The summed E-state index contributed by atoms with van der Waals surface area (Å²) in [6.07, 6.45) is 1.31. The molecule has 1 aromatic carbocycles. The normalized spacial score (nSPS) is 10.5. The second-order valence-corrected chi connectivity index (χ2v) is 5.90.